The van der Waals surface area contributed by atoms with E-state index >= 15 is 0 Å². The van der Waals surface area contributed by atoms with Crippen molar-refractivity contribution in [3.8, 4) is 11.1 Å². The third kappa shape index (κ3) is 3.50. The number of benzene rings is 2. The molecule has 0 aliphatic carbocycles. The predicted octanol–water partition coefficient (Wildman–Crippen LogP) is 3.90. The minimum absolute atomic E-state index is 0.0782. The van der Waals surface area contributed by atoms with E-state index in [-0.39, 0.29) is 16.0 Å². The molecule has 5 nitrogen and oxygen atoms in total. The molecule has 2 aromatic carbocycles. The van der Waals surface area contributed by atoms with E-state index in [0.29, 0.717) is 0 Å². The van der Waals surface area contributed by atoms with Gasteiger partial charge in [-0.15, -0.1) is 0 Å². The minimum atomic E-state index is -4.71. The summed E-state index contributed by atoms with van der Waals surface area (Å²) < 4.78 is 66.7. The second kappa shape index (κ2) is 6.25. The van der Waals surface area contributed by atoms with Crippen molar-refractivity contribution in [3.63, 3.8) is 0 Å². The normalized spacial score (nSPS) is 12.1. The summed E-state index contributed by atoms with van der Waals surface area (Å²) in [5, 5.41) is 5.42. The van der Waals surface area contributed by atoms with Crippen LogP contribution in [-0.4, -0.2) is 18.6 Å². The molecule has 0 aliphatic heterocycles. The summed E-state index contributed by atoms with van der Waals surface area (Å²) in [6.45, 7) is 0. The van der Waals surface area contributed by atoms with Gasteiger partial charge in [-0.25, -0.2) is 8.42 Å². The SMILES string of the molecule is O=S(=O)(Nc1n[nH]c(C(F)(F)F)c1-c1ccccc1)c1ccccc1. The number of halogens is 3. The standard InChI is InChI=1S/C16H12F3N3O2S/c17-16(18,19)14-13(11-7-3-1-4-8-11)15(21-20-14)22-25(23,24)12-9-5-2-6-10-12/h1-10H,(H2,20,21,22). The van der Waals surface area contributed by atoms with Crippen LogP contribution in [0.25, 0.3) is 11.1 Å². The number of hydrogen-bond donors (Lipinski definition) is 2. The first kappa shape index (κ1) is 17.0. The smallest absolute Gasteiger partial charge is 0.271 e. The van der Waals surface area contributed by atoms with E-state index in [4.69, 9.17) is 0 Å². The number of H-pyrrole nitrogens is 1. The van der Waals surface area contributed by atoms with Gasteiger partial charge < -0.3 is 0 Å². The maximum atomic E-state index is 13.3. The van der Waals surface area contributed by atoms with Crippen LogP contribution >= 0.6 is 0 Å². The monoisotopic (exact) mass is 367 g/mol. The van der Waals surface area contributed by atoms with Crippen LogP contribution in [0, 0.1) is 0 Å². The van der Waals surface area contributed by atoms with Crippen LogP contribution in [0.1, 0.15) is 5.69 Å². The summed E-state index contributed by atoms with van der Waals surface area (Å²) in [6, 6.07) is 15.0. The predicted molar refractivity (Wildman–Crippen MR) is 86.3 cm³/mol. The highest BCUT2D eigenvalue weighted by molar-refractivity contribution is 7.92. The van der Waals surface area contributed by atoms with Crippen LogP contribution in [0.2, 0.25) is 0 Å². The molecule has 25 heavy (non-hydrogen) atoms. The Morgan fingerprint density at radius 2 is 1.48 bits per heavy atom. The highest BCUT2D eigenvalue weighted by Crippen LogP contribution is 2.40. The second-order valence-corrected chi connectivity index (χ2v) is 6.79. The zero-order valence-corrected chi connectivity index (χ0v) is 13.4. The number of alkyl halides is 3. The topological polar surface area (TPSA) is 74.8 Å². The molecule has 0 saturated carbocycles. The number of anilines is 1. The van der Waals surface area contributed by atoms with Gasteiger partial charge >= 0.3 is 6.18 Å². The molecule has 3 aromatic rings. The van der Waals surface area contributed by atoms with Crippen LogP contribution in [-0.2, 0) is 16.2 Å². The van der Waals surface area contributed by atoms with Crippen molar-refractivity contribution in [1.29, 1.82) is 0 Å². The van der Waals surface area contributed by atoms with Crippen LogP contribution in [0.4, 0.5) is 19.0 Å². The number of aromatic nitrogens is 2. The second-order valence-electron chi connectivity index (χ2n) is 5.10. The zero-order chi connectivity index (χ0) is 18.1. The molecular formula is C16H12F3N3O2S. The molecule has 0 unspecified atom stereocenters. The van der Waals surface area contributed by atoms with Crippen molar-refractivity contribution in [3.05, 3.63) is 66.4 Å². The fourth-order valence-electron chi connectivity index (χ4n) is 2.29. The number of nitrogens with one attached hydrogen (secondary N) is 2. The molecule has 0 saturated heterocycles. The Hall–Kier alpha value is -2.81. The van der Waals surface area contributed by atoms with E-state index in [0.717, 1.165) is 0 Å². The van der Waals surface area contributed by atoms with Crippen molar-refractivity contribution < 1.29 is 21.6 Å². The summed E-state index contributed by atoms with van der Waals surface area (Å²) >= 11 is 0. The van der Waals surface area contributed by atoms with Gasteiger partial charge in [-0.1, -0.05) is 48.5 Å². The van der Waals surface area contributed by atoms with Gasteiger partial charge in [0, 0.05) is 0 Å². The van der Waals surface area contributed by atoms with Crippen LogP contribution in [0.3, 0.4) is 0 Å². The molecule has 0 fully saturated rings. The van der Waals surface area contributed by atoms with E-state index in [1.807, 2.05) is 5.10 Å². The Morgan fingerprint density at radius 1 is 0.920 bits per heavy atom. The Bertz CT molecular complexity index is 969. The van der Waals surface area contributed by atoms with Crippen molar-refractivity contribution in [2.75, 3.05) is 4.72 Å². The Labute approximate surface area is 141 Å². The first-order valence-electron chi connectivity index (χ1n) is 7.08. The number of sulfonamides is 1. The molecule has 0 amide bonds. The molecule has 1 heterocycles. The van der Waals surface area contributed by atoms with Crippen molar-refractivity contribution in [2.45, 2.75) is 11.1 Å². The van der Waals surface area contributed by atoms with Crippen LogP contribution < -0.4 is 4.72 Å². The molecule has 3 rings (SSSR count). The molecule has 1 aromatic heterocycles. The molecule has 9 heteroatoms. The number of hydrogen-bond acceptors (Lipinski definition) is 3. The summed E-state index contributed by atoms with van der Waals surface area (Å²) in [5.41, 5.74) is -1.29. The van der Waals surface area contributed by atoms with Gasteiger partial charge in [-0.05, 0) is 17.7 Å². The Kier molecular flexibility index (Phi) is 4.25. The number of nitrogens with zero attached hydrogens (tertiary/aromatic N) is 1. The van der Waals surface area contributed by atoms with Gasteiger partial charge in [0.15, 0.2) is 5.82 Å². The average molecular weight is 367 g/mol. The van der Waals surface area contributed by atoms with Gasteiger partial charge in [0.2, 0.25) is 0 Å². The van der Waals surface area contributed by atoms with Gasteiger partial charge in [-0.3, -0.25) is 9.82 Å². The maximum absolute atomic E-state index is 13.3. The molecule has 0 atom stereocenters. The number of rotatable bonds is 4. The quantitative estimate of drug-likeness (QED) is 0.734. The van der Waals surface area contributed by atoms with Crippen LogP contribution in [0.15, 0.2) is 65.6 Å². The van der Waals surface area contributed by atoms with Gasteiger partial charge in [-0.2, -0.15) is 18.3 Å². The van der Waals surface area contributed by atoms with E-state index in [1.165, 1.54) is 36.4 Å². The van der Waals surface area contributed by atoms with Gasteiger partial charge in [0.05, 0.1) is 10.5 Å². The third-order valence-electron chi connectivity index (χ3n) is 3.40. The molecular weight excluding hydrogens is 355 g/mol. The Balaban J connectivity index is 2.10. The first-order valence-corrected chi connectivity index (χ1v) is 8.56. The number of aromatic amines is 1. The molecule has 0 radical (unpaired) electrons. The molecule has 0 aliphatic rings. The summed E-state index contributed by atoms with van der Waals surface area (Å²) in [6.07, 6.45) is -4.71. The van der Waals surface area contributed by atoms with E-state index in [9.17, 15) is 21.6 Å². The van der Waals surface area contributed by atoms with Gasteiger partial charge in [0.25, 0.3) is 10.0 Å². The Morgan fingerprint density at radius 3 is 2.04 bits per heavy atom. The van der Waals surface area contributed by atoms with Gasteiger partial charge in [0.1, 0.15) is 5.69 Å². The average Bonchev–Trinajstić information content (AvgIpc) is 2.99. The first-order chi connectivity index (χ1) is 11.8. The lowest BCUT2D eigenvalue weighted by Crippen LogP contribution is -2.14. The van der Waals surface area contributed by atoms with Crippen molar-refractivity contribution in [2.24, 2.45) is 0 Å². The molecule has 130 valence electrons. The highest BCUT2D eigenvalue weighted by Gasteiger charge is 2.38. The summed E-state index contributed by atoms with van der Waals surface area (Å²) in [4.78, 5) is -0.0782. The fourth-order valence-corrected chi connectivity index (χ4v) is 3.33. The molecule has 0 bridgehead atoms. The van der Waals surface area contributed by atoms with E-state index < -0.39 is 27.7 Å². The third-order valence-corrected chi connectivity index (χ3v) is 4.75. The largest absolute Gasteiger partial charge is 0.433 e. The van der Waals surface area contributed by atoms with E-state index in [2.05, 4.69) is 9.82 Å². The summed E-state index contributed by atoms with van der Waals surface area (Å²) in [7, 11) is -4.08. The lowest BCUT2D eigenvalue weighted by molar-refractivity contribution is -0.140. The maximum Gasteiger partial charge on any atom is 0.433 e. The van der Waals surface area contributed by atoms with E-state index in [1.54, 1.807) is 24.3 Å². The molecule has 2 N–H and O–H groups in total. The fraction of sp³-hybridized carbons (Fsp3) is 0.0625. The zero-order valence-electron chi connectivity index (χ0n) is 12.6. The van der Waals surface area contributed by atoms with Crippen LogP contribution in [0.5, 0.6) is 0 Å². The highest BCUT2D eigenvalue weighted by atomic mass is 32.2. The molecule has 0 spiro atoms. The minimum Gasteiger partial charge on any atom is -0.271 e. The lowest BCUT2D eigenvalue weighted by Gasteiger charge is -2.10. The summed E-state index contributed by atoms with van der Waals surface area (Å²) in [5.74, 6) is -0.414. The van der Waals surface area contributed by atoms with Crippen molar-refractivity contribution in [1.82, 2.24) is 10.2 Å². The lowest BCUT2D eigenvalue weighted by atomic mass is 10.1. The van der Waals surface area contributed by atoms with Crippen molar-refractivity contribution >= 4 is 15.8 Å².